The van der Waals surface area contributed by atoms with Gasteiger partial charge in [0.1, 0.15) is 29.4 Å². The number of carbonyl (C=O) groups excluding carboxylic acids is 3. The molecule has 1 N–H and O–H groups in total. The number of carbonyl (C=O) groups is 3. The molecular weight excluding hydrogens is 472 g/mol. The lowest BCUT2D eigenvalue weighted by Crippen LogP contribution is -2.54. The quantitative estimate of drug-likeness (QED) is 0.382. The third-order valence-corrected chi connectivity index (χ3v) is 5.66. The van der Waals surface area contributed by atoms with Crippen LogP contribution in [0.1, 0.15) is 11.1 Å². The van der Waals surface area contributed by atoms with Gasteiger partial charge in [-0.3, -0.25) is 14.9 Å². The number of benzene rings is 3. The Labute approximate surface area is 206 Å². The third kappa shape index (κ3) is 5.12. The highest BCUT2D eigenvalue weighted by Gasteiger charge is 2.37. The number of nitrogens with one attached hydrogen (secondary N) is 1. The van der Waals surface area contributed by atoms with Crippen molar-refractivity contribution in [2.45, 2.75) is 6.61 Å². The molecule has 1 fully saturated rings. The first kappa shape index (κ1) is 23.8. The van der Waals surface area contributed by atoms with Crippen LogP contribution in [0.4, 0.5) is 10.5 Å². The van der Waals surface area contributed by atoms with Gasteiger partial charge in [-0.25, -0.2) is 9.69 Å². The van der Waals surface area contributed by atoms with Crippen molar-refractivity contribution in [2.75, 3.05) is 19.1 Å². The monoisotopic (exact) mass is 492 g/mol. The van der Waals surface area contributed by atoms with E-state index in [4.69, 9.17) is 25.8 Å². The van der Waals surface area contributed by atoms with Crippen LogP contribution in [-0.4, -0.2) is 32.1 Å². The molecule has 0 atom stereocenters. The van der Waals surface area contributed by atoms with Crippen LogP contribution in [0.25, 0.3) is 6.08 Å². The average Bonchev–Trinajstić information content (AvgIpc) is 2.86. The summed E-state index contributed by atoms with van der Waals surface area (Å²) < 4.78 is 16.3. The number of hydrogen-bond acceptors (Lipinski definition) is 6. The van der Waals surface area contributed by atoms with Gasteiger partial charge in [-0.1, -0.05) is 29.8 Å². The zero-order valence-electron chi connectivity index (χ0n) is 18.9. The summed E-state index contributed by atoms with van der Waals surface area (Å²) in [7, 11) is 2.98. The summed E-state index contributed by atoms with van der Waals surface area (Å²) in [4.78, 5) is 39.1. The lowest BCUT2D eigenvalue weighted by Gasteiger charge is -2.26. The Balaban J connectivity index is 1.56. The smallest absolute Gasteiger partial charge is 0.335 e. The van der Waals surface area contributed by atoms with Crippen LogP contribution in [-0.2, 0) is 16.2 Å². The first-order chi connectivity index (χ1) is 16.9. The molecule has 1 aliphatic rings. The van der Waals surface area contributed by atoms with Gasteiger partial charge in [0.15, 0.2) is 0 Å². The Kier molecular flexibility index (Phi) is 7.03. The molecule has 0 aromatic heterocycles. The van der Waals surface area contributed by atoms with Gasteiger partial charge in [0.2, 0.25) is 0 Å². The molecule has 8 nitrogen and oxygen atoms in total. The zero-order valence-corrected chi connectivity index (χ0v) is 19.7. The van der Waals surface area contributed by atoms with Crippen molar-refractivity contribution in [1.82, 2.24) is 5.32 Å². The van der Waals surface area contributed by atoms with Gasteiger partial charge in [-0.15, -0.1) is 0 Å². The Hall–Kier alpha value is -4.30. The molecule has 0 bridgehead atoms. The summed E-state index contributed by atoms with van der Waals surface area (Å²) in [5, 5.41) is 2.80. The number of halogens is 1. The van der Waals surface area contributed by atoms with Crippen LogP contribution >= 0.6 is 11.6 Å². The summed E-state index contributed by atoms with van der Waals surface area (Å²) in [5.74, 6) is -0.0819. The number of imide groups is 2. The second kappa shape index (κ2) is 10.3. The van der Waals surface area contributed by atoms with Crippen LogP contribution in [0.3, 0.4) is 0 Å². The molecule has 0 spiro atoms. The number of methoxy groups -OCH3 is 2. The fourth-order valence-electron chi connectivity index (χ4n) is 3.45. The molecule has 0 radical (unpaired) electrons. The van der Waals surface area contributed by atoms with Crippen LogP contribution in [0.5, 0.6) is 17.2 Å². The minimum Gasteiger partial charge on any atom is -0.497 e. The molecule has 4 rings (SSSR count). The van der Waals surface area contributed by atoms with Gasteiger partial charge in [0.25, 0.3) is 11.8 Å². The third-order valence-electron chi connectivity index (χ3n) is 5.29. The normalized spacial score (nSPS) is 14.7. The summed E-state index contributed by atoms with van der Waals surface area (Å²) >= 11 is 6.15. The van der Waals surface area contributed by atoms with Gasteiger partial charge in [0.05, 0.1) is 19.9 Å². The minimum absolute atomic E-state index is 0.216. The Bertz CT molecular complexity index is 1320. The van der Waals surface area contributed by atoms with Crippen LogP contribution in [0.2, 0.25) is 5.02 Å². The molecule has 1 saturated heterocycles. The van der Waals surface area contributed by atoms with Crippen molar-refractivity contribution in [3.05, 3.63) is 88.5 Å². The van der Waals surface area contributed by atoms with Crippen molar-refractivity contribution in [1.29, 1.82) is 0 Å². The highest BCUT2D eigenvalue weighted by Crippen LogP contribution is 2.29. The van der Waals surface area contributed by atoms with Crippen LogP contribution < -0.4 is 24.4 Å². The van der Waals surface area contributed by atoms with Crippen molar-refractivity contribution < 1.29 is 28.6 Å². The maximum Gasteiger partial charge on any atom is 0.335 e. The molecule has 35 heavy (non-hydrogen) atoms. The number of nitrogens with zero attached hydrogens (tertiary/aromatic N) is 1. The van der Waals surface area contributed by atoms with E-state index < -0.39 is 17.8 Å². The van der Waals surface area contributed by atoms with Gasteiger partial charge >= 0.3 is 6.03 Å². The predicted octanol–water partition coefficient (Wildman–Crippen LogP) is 4.60. The second-order valence-corrected chi connectivity index (χ2v) is 7.85. The van der Waals surface area contributed by atoms with E-state index in [0.29, 0.717) is 27.8 Å². The van der Waals surface area contributed by atoms with E-state index in [0.717, 1.165) is 10.5 Å². The van der Waals surface area contributed by atoms with E-state index >= 15 is 0 Å². The Morgan fingerprint density at radius 1 is 0.914 bits per heavy atom. The topological polar surface area (TPSA) is 94.2 Å². The van der Waals surface area contributed by atoms with Crippen LogP contribution in [0.15, 0.2) is 72.3 Å². The van der Waals surface area contributed by atoms with E-state index in [2.05, 4.69) is 5.32 Å². The van der Waals surface area contributed by atoms with E-state index in [1.165, 1.54) is 20.3 Å². The van der Waals surface area contributed by atoms with E-state index in [-0.39, 0.29) is 17.9 Å². The summed E-state index contributed by atoms with van der Waals surface area (Å²) in [6.45, 7) is 0.257. The summed E-state index contributed by atoms with van der Waals surface area (Å²) in [6.07, 6.45) is 1.37. The van der Waals surface area contributed by atoms with Gasteiger partial charge < -0.3 is 14.2 Å². The predicted molar refractivity (Wildman–Crippen MR) is 131 cm³/mol. The summed E-state index contributed by atoms with van der Waals surface area (Å²) in [6, 6.07) is 17.8. The largest absolute Gasteiger partial charge is 0.497 e. The van der Waals surface area contributed by atoms with Crippen molar-refractivity contribution in [3.63, 3.8) is 0 Å². The molecule has 178 valence electrons. The average molecular weight is 493 g/mol. The van der Waals surface area contributed by atoms with E-state index in [1.807, 2.05) is 18.2 Å². The van der Waals surface area contributed by atoms with Gasteiger partial charge in [-0.2, -0.15) is 0 Å². The highest BCUT2D eigenvalue weighted by molar-refractivity contribution is 6.39. The Morgan fingerprint density at radius 2 is 1.63 bits per heavy atom. The number of urea groups is 1. The second-order valence-electron chi connectivity index (χ2n) is 7.44. The lowest BCUT2D eigenvalue weighted by molar-refractivity contribution is -0.122. The molecule has 4 amide bonds. The zero-order chi connectivity index (χ0) is 24.9. The Morgan fingerprint density at radius 3 is 2.31 bits per heavy atom. The number of anilines is 1. The SMILES string of the molecule is COc1ccc(/C=C2\C(=O)NC(=O)N(c3ccc(OCc4ccccc4Cl)cc3)C2=O)c(OC)c1. The molecule has 9 heteroatoms. The van der Waals surface area contributed by atoms with Crippen LogP contribution in [0, 0.1) is 0 Å². The first-order valence-corrected chi connectivity index (χ1v) is 10.9. The number of rotatable bonds is 7. The van der Waals surface area contributed by atoms with Crippen molar-refractivity contribution >= 4 is 41.2 Å². The van der Waals surface area contributed by atoms with Crippen molar-refractivity contribution in [3.8, 4) is 17.2 Å². The van der Waals surface area contributed by atoms with E-state index in [1.54, 1.807) is 48.5 Å². The molecular formula is C26H21ClN2O6. The maximum atomic E-state index is 13.2. The first-order valence-electron chi connectivity index (χ1n) is 10.5. The maximum absolute atomic E-state index is 13.2. The van der Waals surface area contributed by atoms with E-state index in [9.17, 15) is 14.4 Å². The number of barbiturate groups is 1. The summed E-state index contributed by atoms with van der Waals surface area (Å²) in [5.41, 5.74) is 1.36. The fraction of sp³-hybridized carbons (Fsp3) is 0.115. The number of ether oxygens (including phenoxy) is 3. The highest BCUT2D eigenvalue weighted by atomic mass is 35.5. The molecule has 0 unspecified atom stereocenters. The molecule has 1 aliphatic heterocycles. The number of hydrogen-bond donors (Lipinski definition) is 1. The molecule has 3 aromatic carbocycles. The number of amides is 4. The van der Waals surface area contributed by atoms with Crippen molar-refractivity contribution in [2.24, 2.45) is 0 Å². The fourth-order valence-corrected chi connectivity index (χ4v) is 3.64. The minimum atomic E-state index is -0.844. The molecule has 3 aromatic rings. The lowest BCUT2D eigenvalue weighted by atomic mass is 10.1. The van der Waals surface area contributed by atoms with Gasteiger partial charge in [0, 0.05) is 22.2 Å². The molecule has 0 saturated carbocycles. The molecule has 1 heterocycles. The molecule has 0 aliphatic carbocycles. The standard InChI is InChI=1S/C26H21ClN2O6/c1-33-20-10-7-16(23(14-20)34-2)13-21-24(30)28-26(32)29(25(21)31)18-8-11-19(12-9-18)35-15-17-5-3-4-6-22(17)27/h3-14H,15H2,1-2H3,(H,28,30,32)/b21-13+. The van der Waals surface area contributed by atoms with Gasteiger partial charge in [-0.05, 0) is 48.5 Å².